The molecule has 0 rings (SSSR count). The van der Waals surface area contributed by atoms with E-state index in [0.717, 1.165) is 0 Å². The van der Waals surface area contributed by atoms with Crippen LogP contribution in [0.15, 0.2) is 0 Å². The lowest BCUT2D eigenvalue weighted by Crippen LogP contribution is -2.20. The van der Waals surface area contributed by atoms with Crippen LogP contribution in [0.3, 0.4) is 0 Å². The number of rotatable bonds is 3. The maximum absolute atomic E-state index is 10.4. The average Bonchev–Trinajstić information content (AvgIpc) is 1.87. The Morgan fingerprint density at radius 1 is 1.60 bits per heavy atom. The Labute approximate surface area is 68.2 Å². The third-order valence-electron chi connectivity index (χ3n) is 0.737. The van der Waals surface area contributed by atoms with Gasteiger partial charge in [0.1, 0.15) is 5.88 Å². The lowest BCUT2D eigenvalue weighted by atomic mass is 10.4. The lowest BCUT2D eigenvalue weighted by molar-refractivity contribution is -0.149. The van der Waals surface area contributed by atoms with E-state index in [1.807, 2.05) is 0 Å². The molecule has 0 radical (unpaired) electrons. The lowest BCUT2D eigenvalue weighted by Gasteiger charge is -2.05. The van der Waals surface area contributed by atoms with Crippen molar-refractivity contribution in [2.45, 2.75) is 13.0 Å². The van der Waals surface area contributed by atoms with Gasteiger partial charge < -0.3 is 4.74 Å². The zero-order valence-electron chi connectivity index (χ0n) is 5.27. The number of hydrogen-bond donors (Lipinski definition) is 0. The van der Waals surface area contributed by atoms with E-state index < -0.39 is 17.3 Å². The number of ether oxygens (including phenoxy) is 1. The van der Waals surface area contributed by atoms with Crippen LogP contribution in [0, 0.1) is 0 Å². The first-order valence-electron chi connectivity index (χ1n) is 2.52. The van der Waals surface area contributed by atoms with E-state index >= 15 is 0 Å². The van der Waals surface area contributed by atoms with Crippen LogP contribution >= 0.6 is 23.2 Å². The van der Waals surface area contributed by atoms with Gasteiger partial charge >= 0.3 is 5.97 Å². The second-order valence-corrected chi connectivity index (χ2v) is 2.21. The Morgan fingerprint density at radius 3 is 2.40 bits per heavy atom. The van der Waals surface area contributed by atoms with Gasteiger partial charge in [-0.3, -0.25) is 9.59 Å². The van der Waals surface area contributed by atoms with Crippen LogP contribution in [0.4, 0.5) is 0 Å². The molecule has 0 unspecified atom stereocenters. The van der Waals surface area contributed by atoms with Gasteiger partial charge in [-0.05, 0) is 18.5 Å². The smallest absolute Gasteiger partial charge is 0.321 e. The van der Waals surface area contributed by atoms with Crippen LogP contribution < -0.4 is 0 Å². The number of carbonyl (C=O) groups is 2. The van der Waals surface area contributed by atoms with Crippen LogP contribution in [0.1, 0.15) is 6.92 Å². The molecule has 10 heavy (non-hydrogen) atoms. The molecule has 0 amide bonds. The molecule has 0 fully saturated rings. The van der Waals surface area contributed by atoms with Crippen molar-refractivity contribution in [1.82, 2.24) is 0 Å². The summed E-state index contributed by atoms with van der Waals surface area (Å²) in [5.74, 6) is -0.919. The summed E-state index contributed by atoms with van der Waals surface area (Å²) in [6.07, 6.45) is -0.909. The van der Waals surface area contributed by atoms with E-state index in [-0.39, 0.29) is 5.88 Å². The van der Waals surface area contributed by atoms with E-state index in [2.05, 4.69) is 4.74 Å². The minimum absolute atomic E-state index is 0.269. The highest BCUT2D eigenvalue weighted by Gasteiger charge is 2.13. The third-order valence-corrected chi connectivity index (χ3v) is 1.26. The Bertz CT molecular complexity index is 146. The number of hydrogen-bond acceptors (Lipinski definition) is 3. The predicted molar refractivity (Wildman–Crippen MR) is 37.1 cm³/mol. The molecule has 0 heterocycles. The number of alkyl halides is 1. The molecule has 0 aromatic carbocycles. The number of carbonyl (C=O) groups excluding carboxylic acids is 2. The minimum atomic E-state index is -0.909. The highest BCUT2D eigenvalue weighted by molar-refractivity contribution is 6.64. The van der Waals surface area contributed by atoms with Gasteiger partial charge in [-0.25, -0.2) is 0 Å². The van der Waals surface area contributed by atoms with E-state index in [9.17, 15) is 9.59 Å². The molecule has 58 valence electrons. The molecule has 0 aromatic rings. The topological polar surface area (TPSA) is 43.4 Å². The molecular weight excluding hydrogens is 179 g/mol. The second-order valence-electron chi connectivity index (χ2n) is 1.57. The van der Waals surface area contributed by atoms with Gasteiger partial charge in [-0.1, -0.05) is 0 Å². The summed E-state index contributed by atoms with van der Waals surface area (Å²) in [4.78, 5) is 20.6. The number of halogens is 2. The summed E-state index contributed by atoms with van der Waals surface area (Å²) in [5.41, 5.74) is 0. The molecule has 5 heteroatoms. The Balaban J connectivity index is 3.68. The van der Waals surface area contributed by atoms with Gasteiger partial charge in [-0.2, -0.15) is 0 Å². The average molecular weight is 185 g/mol. The van der Waals surface area contributed by atoms with E-state index in [1.54, 1.807) is 0 Å². The maximum atomic E-state index is 10.4. The zero-order chi connectivity index (χ0) is 8.15. The van der Waals surface area contributed by atoms with Crippen LogP contribution in [0.25, 0.3) is 0 Å². The summed E-state index contributed by atoms with van der Waals surface area (Å²) >= 11 is 10.0. The molecule has 0 saturated heterocycles. The number of esters is 1. The van der Waals surface area contributed by atoms with Gasteiger partial charge in [0, 0.05) is 0 Å². The highest BCUT2D eigenvalue weighted by atomic mass is 35.5. The SMILES string of the molecule is C[C@H](OC(=O)CCl)C(=O)Cl. The quantitative estimate of drug-likeness (QED) is 0.373. The van der Waals surface area contributed by atoms with Crippen molar-refractivity contribution in [3.8, 4) is 0 Å². The summed E-state index contributed by atoms with van der Waals surface area (Å²) in [6.45, 7) is 1.37. The molecule has 0 spiro atoms. The Morgan fingerprint density at radius 2 is 2.10 bits per heavy atom. The molecule has 0 aliphatic rings. The van der Waals surface area contributed by atoms with E-state index in [1.165, 1.54) is 6.92 Å². The summed E-state index contributed by atoms with van der Waals surface area (Å²) < 4.78 is 4.41. The van der Waals surface area contributed by atoms with Crippen LogP contribution in [0.2, 0.25) is 0 Å². The zero-order valence-corrected chi connectivity index (χ0v) is 6.78. The Hall–Kier alpha value is -0.280. The van der Waals surface area contributed by atoms with Crippen molar-refractivity contribution < 1.29 is 14.3 Å². The van der Waals surface area contributed by atoms with Gasteiger partial charge in [0.15, 0.2) is 6.10 Å². The van der Waals surface area contributed by atoms with Crippen LogP contribution in [0.5, 0.6) is 0 Å². The molecule has 0 bridgehead atoms. The first-order valence-corrected chi connectivity index (χ1v) is 3.44. The first kappa shape index (κ1) is 9.72. The summed E-state index contributed by atoms with van der Waals surface area (Å²) in [5, 5.41) is -0.710. The van der Waals surface area contributed by atoms with Crippen LogP contribution in [-0.2, 0) is 14.3 Å². The summed E-state index contributed by atoms with van der Waals surface area (Å²) in [7, 11) is 0. The minimum Gasteiger partial charge on any atom is -0.452 e. The third kappa shape index (κ3) is 3.69. The summed E-state index contributed by atoms with van der Waals surface area (Å²) in [6, 6.07) is 0. The second kappa shape index (κ2) is 4.52. The van der Waals surface area contributed by atoms with Crippen molar-refractivity contribution in [3.63, 3.8) is 0 Å². The molecule has 0 N–H and O–H groups in total. The van der Waals surface area contributed by atoms with E-state index in [4.69, 9.17) is 23.2 Å². The maximum Gasteiger partial charge on any atom is 0.321 e. The molecule has 0 aliphatic carbocycles. The van der Waals surface area contributed by atoms with Crippen molar-refractivity contribution in [2.24, 2.45) is 0 Å². The predicted octanol–water partition coefficient (Wildman–Crippen LogP) is 0.922. The molecule has 0 aliphatic heterocycles. The fourth-order valence-electron chi connectivity index (χ4n) is 0.275. The van der Waals surface area contributed by atoms with E-state index in [0.29, 0.717) is 0 Å². The standard InChI is InChI=1S/C5H6Cl2O3/c1-3(5(7)9)10-4(8)2-6/h3H,2H2,1H3/t3-/m0/s1. The van der Waals surface area contributed by atoms with Crippen molar-refractivity contribution in [3.05, 3.63) is 0 Å². The fourth-order valence-corrected chi connectivity index (χ4v) is 0.383. The van der Waals surface area contributed by atoms with Gasteiger partial charge in [0.25, 0.3) is 5.24 Å². The van der Waals surface area contributed by atoms with Gasteiger partial charge in [-0.15, -0.1) is 11.6 Å². The van der Waals surface area contributed by atoms with Crippen molar-refractivity contribution >= 4 is 34.4 Å². The fraction of sp³-hybridized carbons (Fsp3) is 0.600. The Kier molecular flexibility index (Phi) is 4.40. The molecule has 1 atom stereocenters. The monoisotopic (exact) mass is 184 g/mol. The van der Waals surface area contributed by atoms with Crippen molar-refractivity contribution in [1.29, 1.82) is 0 Å². The molecule has 0 saturated carbocycles. The molecular formula is C5H6Cl2O3. The highest BCUT2D eigenvalue weighted by Crippen LogP contribution is 1.97. The molecule has 0 aromatic heterocycles. The first-order chi connectivity index (χ1) is 4.57. The molecule has 3 nitrogen and oxygen atoms in total. The van der Waals surface area contributed by atoms with Crippen LogP contribution in [-0.4, -0.2) is 23.2 Å². The van der Waals surface area contributed by atoms with Crippen molar-refractivity contribution in [2.75, 3.05) is 5.88 Å². The normalized spacial score (nSPS) is 12.3. The van der Waals surface area contributed by atoms with Gasteiger partial charge in [0.2, 0.25) is 0 Å². The largest absolute Gasteiger partial charge is 0.452 e. The van der Waals surface area contributed by atoms with Gasteiger partial charge in [0.05, 0.1) is 0 Å².